The van der Waals surface area contributed by atoms with Gasteiger partial charge in [0.1, 0.15) is 5.82 Å². The van der Waals surface area contributed by atoms with Gasteiger partial charge < -0.3 is 0 Å². The topological polar surface area (TPSA) is 84.6 Å². The normalized spacial score (nSPS) is 11.1. The average Bonchev–Trinajstić information content (AvgIpc) is 2.54. The average molecular weight is 315 g/mol. The lowest BCUT2D eigenvalue weighted by Crippen LogP contribution is -2.21. The van der Waals surface area contributed by atoms with Gasteiger partial charge in [0, 0.05) is 12.1 Å². The zero-order valence-corrected chi connectivity index (χ0v) is 12.3. The van der Waals surface area contributed by atoms with E-state index in [-0.39, 0.29) is 23.8 Å². The standard InChI is InChI=1S/C16H14FN3O3/c1-11(13-4-6-14(17)7-5-13)18-19-16(21)10-12-2-8-15(9-3-12)20(22)23/h2-9H,10H2,1H3,(H,19,21)/b18-11-. The number of halogens is 1. The summed E-state index contributed by atoms with van der Waals surface area (Å²) >= 11 is 0. The van der Waals surface area contributed by atoms with Crippen molar-refractivity contribution < 1.29 is 14.1 Å². The van der Waals surface area contributed by atoms with Gasteiger partial charge in [-0.05, 0) is 30.2 Å². The zero-order chi connectivity index (χ0) is 16.8. The zero-order valence-electron chi connectivity index (χ0n) is 12.3. The van der Waals surface area contributed by atoms with Crippen LogP contribution >= 0.6 is 0 Å². The highest BCUT2D eigenvalue weighted by Gasteiger charge is 2.07. The summed E-state index contributed by atoms with van der Waals surface area (Å²) < 4.78 is 12.8. The molecule has 2 aromatic rings. The Bertz CT molecular complexity index is 740. The van der Waals surface area contributed by atoms with Crippen LogP contribution in [-0.2, 0) is 11.2 Å². The van der Waals surface area contributed by atoms with Crippen molar-refractivity contribution in [1.82, 2.24) is 5.43 Å². The first-order valence-corrected chi connectivity index (χ1v) is 6.78. The minimum atomic E-state index is -0.500. The van der Waals surface area contributed by atoms with Crippen molar-refractivity contribution in [2.75, 3.05) is 0 Å². The Hall–Kier alpha value is -3.09. The molecule has 1 N–H and O–H groups in total. The van der Waals surface area contributed by atoms with Gasteiger partial charge in [-0.1, -0.05) is 24.3 Å². The van der Waals surface area contributed by atoms with E-state index >= 15 is 0 Å². The third kappa shape index (κ3) is 4.70. The van der Waals surface area contributed by atoms with E-state index in [9.17, 15) is 19.3 Å². The summed E-state index contributed by atoms with van der Waals surface area (Å²) in [5, 5.41) is 14.5. The van der Waals surface area contributed by atoms with Crippen LogP contribution in [0, 0.1) is 15.9 Å². The molecule has 0 saturated carbocycles. The first kappa shape index (κ1) is 16.3. The number of benzene rings is 2. The number of hydrogen-bond acceptors (Lipinski definition) is 4. The third-order valence-corrected chi connectivity index (χ3v) is 3.12. The predicted octanol–water partition coefficient (Wildman–Crippen LogP) is 2.82. The fourth-order valence-corrected chi connectivity index (χ4v) is 1.86. The molecule has 7 heteroatoms. The Morgan fingerprint density at radius 1 is 1.17 bits per heavy atom. The number of nitrogens with one attached hydrogen (secondary N) is 1. The molecule has 0 saturated heterocycles. The van der Waals surface area contributed by atoms with Crippen molar-refractivity contribution in [2.24, 2.45) is 5.10 Å². The number of carbonyl (C=O) groups excluding carboxylic acids is 1. The molecule has 0 bridgehead atoms. The number of hydrogen-bond donors (Lipinski definition) is 1. The second-order valence-electron chi connectivity index (χ2n) is 4.84. The number of nitro benzene ring substituents is 1. The van der Waals surface area contributed by atoms with Crippen molar-refractivity contribution in [2.45, 2.75) is 13.3 Å². The molecular weight excluding hydrogens is 301 g/mol. The van der Waals surface area contributed by atoms with Crippen molar-refractivity contribution in [1.29, 1.82) is 0 Å². The van der Waals surface area contributed by atoms with Gasteiger partial charge in [0.2, 0.25) is 5.91 Å². The number of rotatable bonds is 5. The summed E-state index contributed by atoms with van der Waals surface area (Å²) in [5.74, 6) is -0.691. The summed E-state index contributed by atoms with van der Waals surface area (Å²) in [6, 6.07) is 11.5. The van der Waals surface area contributed by atoms with E-state index in [1.165, 1.54) is 36.4 Å². The third-order valence-electron chi connectivity index (χ3n) is 3.12. The lowest BCUT2D eigenvalue weighted by Gasteiger charge is -2.03. The molecule has 0 aliphatic heterocycles. The molecule has 0 atom stereocenters. The Balaban J connectivity index is 1.95. The minimum Gasteiger partial charge on any atom is -0.273 e. The fraction of sp³-hybridized carbons (Fsp3) is 0.125. The van der Waals surface area contributed by atoms with Gasteiger partial charge in [0.05, 0.1) is 17.1 Å². The van der Waals surface area contributed by atoms with Crippen LogP contribution < -0.4 is 5.43 Å². The van der Waals surface area contributed by atoms with E-state index in [2.05, 4.69) is 10.5 Å². The van der Waals surface area contributed by atoms with Crippen molar-refractivity contribution >= 4 is 17.3 Å². The molecule has 1 amide bonds. The first-order valence-electron chi connectivity index (χ1n) is 6.78. The number of amides is 1. The summed E-state index contributed by atoms with van der Waals surface area (Å²) in [5.41, 5.74) is 4.26. The molecule has 6 nitrogen and oxygen atoms in total. The summed E-state index contributed by atoms with van der Waals surface area (Å²) in [4.78, 5) is 21.9. The van der Waals surface area contributed by atoms with E-state index in [0.29, 0.717) is 16.8 Å². The van der Waals surface area contributed by atoms with Gasteiger partial charge in [0.25, 0.3) is 5.69 Å². The number of hydrazone groups is 1. The number of nitrogens with zero attached hydrogens (tertiary/aromatic N) is 2. The molecule has 0 radical (unpaired) electrons. The van der Waals surface area contributed by atoms with E-state index in [1.807, 2.05) is 0 Å². The Kier molecular flexibility index (Phi) is 5.14. The molecular formula is C16H14FN3O3. The van der Waals surface area contributed by atoms with Gasteiger partial charge in [-0.3, -0.25) is 14.9 Å². The quantitative estimate of drug-likeness (QED) is 0.523. The SMILES string of the molecule is C/C(=N/NC(=O)Cc1ccc([N+](=O)[O-])cc1)c1ccc(F)cc1. The van der Waals surface area contributed by atoms with Crippen LogP contribution in [0.1, 0.15) is 18.1 Å². The van der Waals surface area contributed by atoms with Crippen LogP contribution in [0.25, 0.3) is 0 Å². The Morgan fingerprint density at radius 3 is 2.35 bits per heavy atom. The maximum absolute atomic E-state index is 12.8. The first-order chi connectivity index (χ1) is 11.0. The predicted molar refractivity (Wildman–Crippen MR) is 83.6 cm³/mol. The van der Waals surface area contributed by atoms with Gasteiger partial charge >= 0.3 is 0 Å². The molecule has 118 valence electrons. The molecule has 0 heterocycles. The van der Waals surface area contributed by atoms with Crippen molar-refractivity contribution in [3.63, 3.8) is 0 Å². The number of nitro groups is 1. The largest absolute Gasteiger partial charge is 0.273 e. The minimum absolute atomic E-state index is 0.0284. The smallest absolute Gasteiger partial charge is 0.269 e. The van der Waals surface area contributed by atoms with Gasteiger partial charge in [-0.15, -0.1) is 0 Å². The fourth-order valence-electron chi connectivity index (χ4n) is 1.86. The molecule has 0 fully saturated rings. The molecule has 0 aliphatic carbocycles. The molecule has 0 aliphatic rings. The van der Waals surface area contributed by atoms with Crippen LogP contribution in [0.5, 0.6) is 0 Å². The van der Waals surface area contributed by atoms with Gasteiger partial charge in [-0.2, -0.15) is 5.10 Å². The van der Waals surface area contributed by atoms with Crippen molar-refractivity contribution in [3.05, 3.63) is 75.6 Å². The van der Waals surface area contributed by atoms with Crippen LogP contribution in [-0.4, -0.2) is 16.5 Å². The van der Waals surface area contributed by atoms with E-state index in [0.717, 1.165) is 0 Å². The van der Waals surface area contributed by atoms with Crippen LogP contribution in [0.15, 0.2) is 53.6 Å². The molecule has 0 aromatic heterocycles. The Labute approximate surface area is 131 Å². The van der Waals surface area contributed by atoms with E-state index in [4.69, 9.17) is 0 Å². The lowest BCUT2D eigenvalue weighted by atomic mass is 10.1. The highest BCUT2D eigenvalue weighted by molar-refractivity contribution is 5.99. The summed E-state index contributed by atoms with van der Waals surface area (Å²) in [6.07, 6.45) is 0.0538. The van der Waals surface area contributed by atoms with E-state index in [1.54, 1.807) is 19.1 Å². The highest BCUT2D eigenvalue weighted by atomic mass is 19.1. The van der Waals surface area contributed by atoms with Gasteiger partial charge in [-0.25, -0.2) is 9.82 Å². The monoisotopic (exact) mass is 315 g/mol. The van der Waals surface area contributed by atoms with E-state index < -0.39 is 4.92 Å². The molecule has 0 spiro atoms. The van der Waals surface area contributed by atoms with Crippen LogP contribution in [0.2, 0.25) is 0 Å². The maximum Gasteiger partial charge on any atom is 0.269 e. The molecule has 2 aromatic carbocycles. The molecule has 23 heavy (non-hydrogen) atoms. The van der Waals surface area contributed by atoms with Crippen LogP contribution in [0.4, 0.5) is 10.1 Å². The summed E-state index contributed by atoms with van der Waals surface area (Å²) in [7, 11) is 0. The Morgan fingerprint density at radius 2 is 1.78 bits per heavy atom. The lowest BCUT2D eigenvalue weighted by molar-refractivity contribution is -0.384. The highest BCUT2D eigenvalue weighted by Crippen LogP contribution is 2.12. The second-order valence-corrected chi connectivity index (χ2v) is 4.84. The number of carbonyl (C=O) groups is 1. The summed E-state index contributed by atoms with van der Waals surface area (Å²) in [6.45, 7) is 1.69. The van der Waals surface area contributed by atoms with Crippen LogP contribution in [0.3, 0.4) is 0 Å². The number of non-ortho nitro benzene ring substituents is 1. The van der Waals surface area contributed by atoms with Gasteiger partial charge in [0.15, 0.2) is 0 Å². The van der Waals surface area contributed by atoms with Crippen molar-refractivity contribution in [3.8, 4) is 0 Å². The molecule has 2 rings (SSSR count). The molecule has 0 unspecified atom stereocenters. The maximum atomic E-state index is 12.8. The second kappa shape index (κ2) is 7.26.